The Bertz CT molecular complexity index is 547. The Morgan fingerprint density at radius 3 is 2.55 bits per heavy atom. The van der Waals surface area contributed by atoms with Crippen molar-refractivity contribution in [1.82, 2.24) is 0 Å². The van der Waals surface area contributed by atoms with Crippen molar-refractivity contribution < 1.29 is 14.3 Å². The molecule has 118 valence electrons. The lowest BCUT2D eigenvalue weighted by Crippen LogP contribution is -2.41. The number of esters is 1. The molecule has 3 heteroatoms. The maximum Gasteiger partial charge on any atom is 0.331 e. The van der Waals surface area contributed by atoms with E-state index in [0.29, 0.717) is 12.8 Å². The molecule has 0 unspecified atom stereocenters. The average molecular weight is 300 g/mol. The highest BCUT2D eigenvalue weighted by Crippen LogP contribution is 2.37. The zero-order valence-electron chi connectivity index (χ0n) is 13.4. The molecule has 0 radical (unpaired) electrons. The number of rotatable bonds is 8. The quantitative estimate of drug-likeness (QED) is 0.685. The van der Waals surface area contributed by atoms with Crippen molar-refractivity contribution in [2.24, 2.45) is 5.92 Å². The van der Waals surface area contributed by atoms with E-state index in [-0.39, 0.29) is 17.7 Å². The number of hydrogen-bond donors (Lipinski definition) is 0. The molecule has 0 aromatic heterocycles. The molecule has 0 aliphatic carbocycles. The fourth-order valence-electron chi connectivity index (χ4n) is 3.15. The number of ketones is 1. The molecule has 1 aliphatic heterocycles. The summed E-state index contributed by atoms with van der Waals surface area (Å²) in [5.41, 5.74) is 0.436. The lowest BCUT2D eigenvalue weighted by molar-refractivity contribution is -0.151. The van der Waals surface area contributed by atoms with E-state index in [4.69, 9.17) is 4.74 Å². The minimum atomic E-state index is -0.681. The maximum atomic E-state index is 11.7. The van der Waals surface area contributed by atoms with Crippen LogP contribution in [-0.2, 0) is 20.7 Å². The predicted molar refractivity (Wildman–Crippen MR) is 86.4 cm³/mol. The molecule has 2 atom stereocenters. The predicted octanol–water partition coefficient (Wildman–Crippen LogP) is 3.87. The Kier molecular flexibility index (Phi) is 5.53. The lowest BCUT2D eigenvalue weighted by atomic mass is 9.77. The first-order chi connectivity index (χ1) is 10.6. The van der Waals surface area contributed by atoms with Crippen molar-refractivity contribution in [3.8, 4) is 0 Å². The summed E-state index contributed by atoms with van der Waals surface area (Å²) >= 11 is 0. The number of unbranched alkanes of at least 4 members (excludes halogenated alkanes) is 1. The van der Waals surface area contributed by atoms with Gasteiger partial charge in [-0.1, -0.05) is 50.1 Å². The standard InChI is InChI=1S/C19H24O3/c1-3-4-10-17(13-15(2)20)19(12-11-18(21)22-19)14-16-8-6-5-7-9-16/h5-9,11-12,17H,3-4,10,13-14H2,1-2H3/t17-,19+/m0/s1. The molecule has 0 spiro atoms. The summed E-state index contributed by atoms with van der Waals surface area (Å²) in [7, 11) is 0. The molecule has 0 N–H and O–H groups in total. The molecule has 1 aliphatic rings. The normalized spacial score (nSPS) is 21.6. The first-order valence-corrected chi connectivity index (χ1v) is 8.01. The van der Waals surface area contributed by atoms with E-state index < -0.39 is 5.60 Å². The molecule has 0 fully saturated rings. The second-order valence-corrected chi connectivity index (χ2v) is 6.12. The maximum absolute atomic E-state index is 11.7. The second kappa shape index (κ2) is 7.39. The van der Waals surface area contributed by atoms with Gasteiger partial charge in [0.25, 0.3) is 0 Å². The third kappa shape index (κ3) is 4.06. The zero-order valence-corrected chi connectivity index (χ0v) is 13.4. The molecule has 2 rings (SSSR count). The van der Waals surface area contributed by atoms with Crippen LogP contribution in [0.25, 0.3) is 0 Å². The Labute approximate surface area is 132 Å². The van der Waals surface area contributed by atoms with Crippen molar-refractivity contribution in [3.63, 3.8) is 0 Å². The van der Waals surface area contributed by atoms with Gasteiger partial charge in [0.2, 0.25) is 0 Å². The van der Waals surface area contributed by atoms with Gasteiger partial charge in [-0.2, -0.15) is 0 Å². The van der Waals surface area contributed by atoms with Gasteiger partial charge in [0, 0.05) is 24.8 Å². The molecule has 0 saturated heterocycles. The summed E-state index contributed by atoms with van der Waals surface area (Å²) in [4.78, 5) is 23.4. The highest BCUT2D eigenvalue weighted by molar-refractivity contribution is 5.85. The van der Waals surface area contributed by atoms with E-state index in [0.717, 1.165) is 24.8 Å². The van der Waals surface area contributed by atoms with Crippen LogP contribution < -0.4 is 0 Å². The monoisotopic (exact) mass is 300 g/mol. The van der Waals surface area contributed by atoms with Gasteiger partial charge in [0.05, 0.1) is 0 Å². The number of ether oxygens (including phenoxy) is 1. The van der Waals surface area contributed by atoms with Gasteiger partial charge in [-0.05, 0) is 25.0 Å². The fraction of sp³-hybridized carbons (Fsp3) is 0.474. The van der Waals surface area contributed by atoms with Crippen LogP contribution >= 0.6 is 0 Å². The van der Waals surface area contributed by atoms with Crippen LogP contribution in [0.15, 0.2) is 42.5 Å². The number of cyclic esters (lactones) is 1. The van der Waals surface area contributed by atoms with E-state index in [9.17, 15) is 9.59 Å². The van der Waals surface area contributed by atoms with Crippen LogP contribution in [0.1, 0.15) is 45.1 Å². The molecular weight excluding hydrogens is 276 g/mol. The molecule has 1 aromatic carbocycles. The van der Waals surface area contributed by atoms with Crippen molar-refractivity contribution in [3.05, 3.63) is 48.0 Å². The molecule has 1 heterocycles. The molecule has 0 saturated carbocycles. The van der Waals surface area contributed by atoms with E-state index in [2.05, 4.69) is 6.92 Å². The molecule has 0 amide bonds. The van der Waals surface area contributed by atoms with Crippen LogP contribution in [0.2, 0.25) is 0 Å². The highest BCUT2D eigenvalue weighted by Gasteiger charge is 2.43. The Balaban J connectivity index is 2.27. The molecule has 22 heavy (non-hydrogen) atoms. The zero-order chi connectivity index (χ0) is 16.0. The smallest absolute Gasteiger partial charge is 0.331 e. The third-order valence-electron chi connectivity index (χ3n) is 4.25. The van der Waals surface area contributed by atoms with Crippen LogP contribution in [0, 0.1) is 5.92 Å². The van der Waals surface area contributed by atoms with Gasteiger partial charge in [-0.25, -0.2) is 4.79 Å². The summed E-state index contributed by atoms with van der Waals surface area (Å²) < 4.78 is 5.71. The molecule has 1 aromatic rings. The molecule has 3 nitrogen and oxygen atoms in total. The van der Waals surface area contributed by atoms with E-state index >= 15 is 0 Å². The second-order valence-electron chi connectivity index (χ2n) is 6.12. The Hall–Kier alpha value is -1.90. The number of carbonyl (C=O) groups is 2. The lowest BCUT2D eigenvalue weighted by Gasteiger charge is -2.35. The summed E-state index contributed by atoms with van der Waals surface area (Å²) in [6, 6.07) is 10.0. The van der Waals surface area contributed by atoms with E-state index in [1.807, 2.05) is 36.4 Å². The topological polar surface area (TPSA) is 43.4 Å². The first kappa shape index (κ1) is 16.5. The van der Waals surface area contributed by atoms with Gasteiger partial charge in [-0.15, -0.1) is 0 Å². The molecular formula is C19H24O3. The number of hydrogen-bond acceptors (Lipinski definition) is 3. The number of benzene rings is 1. The van der Waals surface area contributed by atoms with Crippen molar-refractivity contribution in [2.75, 3.05) is 0 Å². The van der Waals surface area contributed by atoms with E-state index in [1.165, 1.54) is 6.08 Å². The largest absolute Gasteiger partial charge is 0.451 e. The Morgan fingerprint density at radius 2 is 2.00 bits per heavy atom. The van der Waals surface area contributed by atoms with Crippen molar-refractivity contribution in [1.29, 1.82) is 0 Å². The third-order valence-corrected chi connectivity index (χ3v) is 4.25. The molecule has 0 bridgehead atoms. The summed E-state index contributed by atoms with van der Waals surface area (Å²) in [5, 5.41) is 0. The van der Waals surface area contributed by atoms with Crippen molar-refractivity contribution >= 4 is 11.8 Å². The Morgan fingerprint density at radius 1 is 1.27 bits per heavy atom. The van der Waals surface area contributed by atoms with Crippen LogP contribution in [0.4, 0.5) is 0 Å². The van der Waals surface area contributed by atoms with Crippen LogP contribution in [0.5, 0.6) is 0 Å². The van der Waals surface area contributed by atoms with Gasteiger partial charge >= 0.3 is 5.97 Å². The van der Waals surface area contributed by atoms with Gasteiger partial charge in [0.15, 0.2) is 0 Å². The number of Topliss-reactive ketones (excluding diaryl/α,β-unsaturated/α-hetero) is 1. The van der Waals surface area contributed by atoms with Crippen LogP contribution in [0.3, 0.4) is 0 Å². The van der Waals surface area contributed by atoms with E-state index in [1.54, 1.807) is 6.92 Å². The van der Waals surface area contributed by atoms with Crippen molar-refractivity contribution in [2.45, 2.75) is 51.6 Å². The van der Waals surface area contributed by atoms with Gasteiger partial charge < -0.3 is 9.53 Å². The summed E-state index contributed by atoms with van der Waals surface area (Å²) in [6.45, 7) is 3.74. The van der Waals surface area contributed by atoms with Crippen LogP contribution in [-0.4, -0.2) is 17.4 Å². The summed E-state index contributed by atoms with van der Waals surface area (Å²) in [6.07, 6.45) is 7.42. The SMILES string of the molecule is CCCC[C@@H](CC(C)=O)[C@]1(Cc2ccccc2)C=CC(=O)O1. The minimum Gasteiger partial charge on any atom is -0.451 e. The number of carbonyl (C=O) groups excluding carboxylic acids is 2. The minimum absolute atomic E-state index is 0.0351. The fourth-order valence-corrected chi connectivity index (χ4v) is 3.15. The average Bonchev–Trinajstić information content (AvgIpc) is 2.86. The highest BCUT2D eigenvalue weighted by atomic mass is 16.6. The van der Waals surface area contributed by atoms with Gasteiger partial charge in [-0.3, -0.25) is 0 Å². The summed E-state index contributed by atoms with van der Waals surface area (Å²) in [5.74, 6) is -0.126. The van der Waals surface area contributed by atoms with Gasteiger partial charge in [0.1, 0.15) is 11.4 Å². The first-order valence-electron chi connectivity index (χ1n) is 8.01.